The van der Waals surface area contributed by atoms with Gasteiger partial charge < -0.3 is 5.32 Å². The normalized spacial score (nSPS) is 14.2. The number of hydrogen-bond donors (Lipinski definition) is 1. The molecule has 0 saturated carbocycles. The van der Waals surface area contributed by atoms with Gasteiger partial charge in [0.1, 0.15) is 0 Å². The van der Waals surface area contributed by atoms with Gasteiger partial charge in [-0.3, -0.25) is 4.98 Å². The molecule has 1 rings (SSSR count). The van der Waals surface area contributed by atoms with E-state index >= 15 is 0 Å². The highest BCUT2D eigenvalue weighted by atomic mass is 35.5. The Balaban J connectivity index is 2.69. The molecule has 2 unspecified atom stereocenters. The number of aromatic nitrogens is 1. The second-order valence-electron chi connectivity index (χ2n) is 5.56. The van der Waals surface area contributed by atoms with Crippen molar-refractivity contribution in [1.82, 2.24) is 10.3 Å². The van der Waals surface area contributed by atoms with Gasteiger partial charge in [0.15, 0.2) is 0 Å². The molecule has 0 aliphatic rings. The summed E-state index contributed by atoms with van der Waals surface area (Å²) in [5.74, 6) is 0.779. The zero-order valence-electron chi connectivity index (χ0n) is 13.2. The minimum absolute atomic E-state index is 0.356. The minimum atomic E-state index is 0.356. The summed E-state index contributed by atoms with van der Waals surface area (Å²) in [7, 11) is 0. The molecule has 0 spiro atoms. The predicted octanol–water partition coefficient (Wildman–Crippen LogP) is 5.38. The summed E-state index contributed by atoms with van der Waals surface area (Å²) in [6, 6.07) is 4.36. The number of nitrogens with zero attached hydrogens (tertiary/aromatic N) is 1. The highest BCUT2D eigenvalue weighted by Crippen LogP contribution is 2.26. The SMILES string of the molecule is CCCCC(CC)CC(NCCC)c1ccc(Cl)cn1. The molecule has 0 aliphatic heterocycles. The van der Waals surface area contributed by atoms with E-state index in [1.165, 1.54) is 32.1 Å². The van der Waals surface area contributed by atoms with Gasteiger partial charge in [-0.2, -0.15) is 0 Å². The Labute approximate surface area is 129 Å². The first kappa shape index (κ1) is 17.5. The van der Waals surface area contributed by atoms with E-state index in [0.717, 1.165) is 24.6 Å². The molecule has 0 bridgehead atoms. The van der Waals surface area contributed by atoms with Gasteiger partial charge in [-0.15, -0.1) is 0 Å². The standard InChI is InChI=1S/C17H29ClN2/c1-4-7-8-14(6-3)12-17(19-11-5-2)16-10-9-15(18)13-20-16/h9-10,13-14,17,19H,4-8,11-12H2,1-3H3. The Morgan fingerprint density at radius 2 is 2.00 bits per heavy atom. The summed E-state index contributed by atoms with van der Waals surface area (Å²) in [5, 5.41) is 4.35. The zero-order valence-corrected chi connectivity index (χ0v) is 13.9. The Kier molecular flexibility index (Phi) is 8.88. The summed E-state index contributed by atoms with van der Waals surface area (Å²) >= 11 is 5.94. The molecule has 1 N–H and O–H groups in total. The number of halogens is 1. The molecule has 3 heteroatoms. The van der Waals surface area contributed by atoms with E-state index in [0.29, 0.717) is 11.1 Å². The number of hydrogen-bond acceptors (Lipinski definition) is 2. The third-order valence-electron chi connectivity index (χ3n) is 3.86. The Morgan fingerprint density at radius 1 is 1.20 bits per heavy atom. The topological polar surface area (TPSA) is 24.9 Å². The molecule has 0 saturated heterocycles. The second-order valence-corrected chi connectivity index (χ2v) is 6.00. The molecule has 0 amide bonds. The average molecular weight is 297 g/mol. The van der Waals surface area contributed by atoms with Crippen molar-refractivity contribution in [1.29, 1.82) is 0 Å². The van der Waals surface area contributed by atoms with Crippen molar-refractivity contribution in [2.75, 3.05) is 6.54 Å². The summed E-state index contributed by atoms with van der Waals surface area (Å²) in [6.45, 7) is 7.81. The average Bonchev–Trinajstić information content (AvgIpc) is 2.48. The molecule has 1 heterocycles. The lowest BCUT2D eigenvalue weighted by Gasteiger charge is -2.23. The van der Waals surface area contributed by atoms with E-state index in [4.69, 9.17) is 11.6 Å². The van der Waals surface area contributed by atoms with Crippen LogP contribution in [0.5, 0.6) is 0 Å². The summed E-state index contributed by atoms with van der Waals surface area (Å²) in [6.07, 6.45) is 9.25. The van der Waals surface area contributed by atoms with Crippen molar-refractivity contribution in [3.05, 3.63) is 29.0 Å². The highest BCUT2D eigenvalue weighted by molar-refractivity contribution is 6.30. The van der Waals surface area contributed by atoms with Crippen LogP contribution in [0.25, 0.3) is 0 Å². The van der Waals surface area contributed by atoms with Crippen LogP contribution in [0.15, 0.2) is 18.3 Å². The third-order valence-corrected chi connectivity index (χ3v) is 4.08. The Morgan fingerprint density at radius 3 is 2.55 bits per heavy atom. The first-order chi connectivity index (χ1) is 9.71. The van der Waals surface area contributed by atoms with Gasteiger partial charge in [-0.25, -0.2) is 0 Å². The molecule has 114 valence electrons. The van der Waals surface area contributed by atoms with Crippen molar-refractivity contribution in [2.45, 2.75) is 65.3 Å². The Bertz CT molecular complexity index is 351. The molecule has 20 heavy (non-hydrogen) atoms. The van der Waals surface area contributed by atoms with Gasteiger partial charge in [0.25, 0.3) is 0 Å². The van der Waals surface area contributed by atoms with E-state index in [1.807, 2.05) is 6.07 Å². The van der Waals surface area contributed by atoms with Crippen molar-refractivity contribution in [3.8, 4) is 0 Å². The molecule has 0 radical (unpaired) electrons. The van der Waals surface area contributed by atoms with Crippen LogP contribution in [0.4, 0.5) is 0 Å². The molecular formula is C17H29ClN2. The van der Waals surface area contributed by atoms with Gasteiger partial charge in [0.2, 0.25) is 0 Å². The summed E-state index contributed by atoms with van der Waals surface area (Å²) in [4.78, 5) is 4.50. The zero-order chi connectivity index (χ0) is 14.8. The van der Waals surface area contributed by atoms with E-state index in [-0.39, 0.29) is 0 Å². The van der Waals surface area contributed by atoms with Crippen LogP contribution >= 0.6 is 11.6 Å². The maximum atomic E-state index is 5.94. The largest absolute Gasteiger partial charge is 0.309 e. The van der Waals surface area contributed by atoms with Crippen molar-refractivity contribution in [3.63, 3.8) is 0 Å². The lowest BCUT2D eigenvalue weighted by Crippen LogP contribution is -2.25. The van der Waals surface area contributed by atoms with Gasteiger partial charge in [0.05, 0.1) is 10.7 Å². The molecule has 2 atom stereocenters. The van der Waals surface area contributed by atoms with Crippen molar-refractivity contribution >= 4 is 11.6 Å². The van der Waals surface area contributed by atoms with Crippen LogP contribution in [0.3, 0.4) is 0 Å². The van der Waals surface area contributed by atoms with Gasteiger partial charge in [-0.1, -0.05) is 58.1 Å². The van der Waals surface area contributed by atoms with Crippen molar-refractivity contribution in [2.24, 2.45) is 5.92 Å². The smallest absolute Gasteiger partial charge is 0.0589 e. The van der Waals surface area contributed by atoms with E-state index in [1.54, 1.807) is 6.20 Å². The quantitative estimate of drug-likeness (QED) is 0.627. The number of unbranched alkanes of at least 4 members (excludes halogenated alkanes) is 1. The summed E-state index contributed by atoms with van der Waals surface area (Å²) < 4.78 is 0. The highest BCUT2D eigenvalue weighted by Gasteiger charge is 2.17. The number of nitrogens with one attached hydrogen (secondary N) is 1. The van der Waals surface area contributed by atoms with Crippen LogP contribution in [-0.2, 0) is 0 Å². The molecule has 0 fully saturated rings. The number of pyridine rings is 1. The first-order valence-electron chi connectivity index (χ1n) is 8.06. The fourth-order valence-electron chi connectivity index (χ4n) is 2.54. The first-order valence-corrected chi connectivity index (χ1v) is 8.43. The number of rotatable bonds is 10. The van der Waals surface area contributed by atoms with Crippen LogP contribution in [0, 0.1) is 5.92 Å². The molecule has 2 nitrogen and oxygen atoms in total. The molecule has 0 aliphatic carbocycles. The van der Waals surface area contributed by atoms with Crippen LogP contribution < -0.4 is 5.32 Å². The van der Waals surface area contributed by atoms with Crippen LogP contribution in [0.2, 0.25) is 5.02 Å². The fourth-order valence-corrected chi connectivity index (χ4v) is 2.65. The minimum Gasteiger partial charge on any atom is -0.309 e. The van der Waals surface area contributed by atoms with Crippen molar-refractivity contribution < 1.29 is 0 Å². The van der Waals surface area contributed by atoms with Gasteiger partial charge in [0, 0.05) is 12.2 Å². The maximum Gasteiger partial charge on any atom is 0.0589 e. The molecular weight excluding hydrogens is 268 g/mol. The predicted molar refractivity (Wildman–Crippen MR) is 88.2 cm³/mol. The summed E-state index contributed by atoms with van der Waals surface area (Å²) in [5.41, 5.74) is 1.12. The lowest BCUT2D eigenvalue weighted by atomic mass is 9.90. The van der Waals surface area contributed by atoms with Crippen LogP contribution in [-0.4, -0.2) is 11.5 Å². The second kappa shape index (κ2) is 10.2. The lowest BCUT2D eigenvalue weighted by molar-refractivity contribution is 0.350. The van der Waals surface area contributed by atoms with Crippen LogP contribution in [0.1, 0.15) is 71.0 Å². The van der Waals surface area contributed by atoms with Gasteiger partial charge >= 0.3 is 0 Å². The van der Waals surface area contributed by atoms with E-state index in [2.05, 4.69) is 37.1 Å². The third kappa shape index (κ3) is 6.23. The molecule has 0 aromatic carbocycles. The Hall–Kier alpha value is -0.600. The maximum absolute atomic E-state index is 5.94. The van der Waals surface area contributed by atoms with Gasteiger partial charge in [-0.05, 0) is 37.4 Å². The monoisotopic (exact) mass is 296 g/mol. The van der Waals surface area contributed by atoms with E-state index < -0.39 is 0 Å². The molecule has 1 aromatic heterocycles. The fraction of sp³-hybridized carbons (Fsp3) is 0.706. The van der Waals surface area contributed by atoms with E-state index in [9.17, 15) is 0 Å². The molecule has 1 aromatic rings.